The third-order valence-corrected chi connectivity index (χ3v) is 2.91. The molecule has 5 heteroatoms. The van der Waals surface area contributed by atoms with Crippen LogP contribution in [0.4, 0.5) is 0 Å². The van der Waals surface area contributed by atoms with Gasteiger partial charge in [0.05, 0.1) is 6.10 Å². The first-order valence-corrected chi connectivity index (χ1v) is 6.14. The number of ether oxygens (including phenoxy) is 2. The molecular formula is C13H20N2O3. The lowest BCUT2D eigenvalue weighted by molar-refractivity contribution is 0.117. The quantitative estimate of drug-likeness (QED) is 0.774. The first-order chi connectivity index (χ1) is 8.69. The Balaban J connectivity index is 1.89. The van der Waals surface area contributed by atoms with Crippen LogP contribution in [0.1, 0.15) is 12.0 Å². The lowest BCUT2D eigenvalue weighted by Crippen LogP contribution is -2.30. The van der Waals surface area contributed by atoms with Crippen molar-refractivity contribution in [3.8, 4) is 11.5 Å². The summed E-state index contributed by atoms with van der Waals surface area (Å²) in [5.74, 6) is 1.59. The number of fused-ring (bicyclic) bond motifs is 1. The van der Waals surface area contributed by atoms with E-state index in [1.54, 1.807) is 0 Å². The summed E-state index contributed by atoms with van der Waals surface area (Å²) in [4.78, 5) is 2.07. The normalized spacial score (nSPS) is 15.1. The number of aliphatic hydroxyl groups excluding tert-OH is 1. The zero-order chi connectivity index (χ0) is 13.0. The fourth-order valence-electron chi connectivity index (χ4n) is 2.06. The largest absolute Gasteiger partial charge is 0.454 e. The second kappa shape index (κ2) is 6.04. The Kier molecular flexibility index (Phi) is 4.41. The van der Waals surface area contributed by atoms with Crippen LogP contribution in [0, 0.1) is 0 Å². The molecule has 0 fully saturated rings. The standard InChI is InChI=1S/C13H20N2O3/c1-15(8-11(16)4-5-14)7-10-2-3-12-13(6-10)18-9-17-12/h2-3,6,11,16H,4-5,7-9,14H2,1H3. The number of aliphatic hydroxyl groups is 1. The molecular weight excluding hydrogens is 232 g/mol. The molecule has 18 heavy (non-hydrogen) atoms. The number of nitrogens with zero attached hydrogens (tertiary/aromatic N) is 1. The fraction of sp³-hybridized carbons (Fsp3) is 0.538. The van der Waals surface area contributed by atoms with Crippen molar-refractivity contribution in [2.75, 3.05) is 26.9 Å². The number of hydrogen-bond acceptors (Lipinski definition) is 5. The molecule has 0 radical (unpaired) electrons. The van der Waals surface area contributed by atoms with Crippen molar-refractivity contribution in [1.29, 1.82) is 0 Å². The van der Waals surface area contributed by atoms with Gasteiger partial charge in [0.25, 0.3) is 0 Å². The van der Waals surface area contributed by atoms with Gasteiger partial charge in [-0.15, -0.1) is 0 Å². The third kappa shape index (κ3) is 3.35. The van der Waals surface area contributed by atoms with Crippen molar-refractivity contribution in [2.45, 2.75) is 19.1 Å². The topological polar surface area (TPSA) is 68.0 Å². The molecule has 0 aromatic heterocycles. The van der Waals surface area contributed by atoms with E-state index >= 15 is 0 Å². The number of benzene rings is 1. The van der Waals surface area contributed by atoms with Gasteiger partial charge in [-0.3, -0.25) is 4.90 Å². The van der Waals surface area contributed by atoms with Gasteiger partial charge in [-0.05, 0) is 37.7 Å². The molecule has 1 atom stereocenters. The maximum absolute atomic E-state index is 9.69. The van der Waals surface area contributed by atoms with E-state index in [0.717, 1.165) is 23.6 Å². The van der Waals surface area contributed by atoms with Crippen molar-refractivity contribution in [2.24, 2.45) is 5.73 Å². The molecule has 5 nitrogen and oxygen atoms in total. The van der Waals surface area contributed by atoms with Crippen LogP contribution in [0.2, 0.25) is 0 Å². The molecule has 0 saturated heterocycles. The van der Waals surface area contributed by atoms with Crippen molar-refractivity contribution >= 4 is 0 Å². The second-order valence-corrected chi connectivity index (χ2v) is 4.62. The van der Waals surface area contributed by atoms with Crippen LogP contribution in [-0.4, -0.2) is 43.0 Å². The molecule has 1 aliphatic rings. The highest BCUT2D eigenvalue weighted by Crippen LogP contribution is 2.32. The van der Waals surface area contributed by atoms with Crippen LogP contribution in [-0.2, 0) is 6.54 Å². The van der Waals surface area contributed by atoms with E-state index in [-0.39, 0.29) is 6.10 Å². The van der Waals surface area contributed by atoms with E-state index in [1.165, 1.54) is 0 Å². The second-order valence-electron chi connectivity index (χ2n) is 4.62. The molecule has 0 bridgehead atoms. The lowest BCUT2D eigenvalue weighted by atomic mass is 10.1. The highest BCUT2D eigenvalue weighted by Gasteiger charge is 2.14. The Morgan fingerprint density at radius 1 is 1.39 bits per heavy atom. The molecule has 0 aliphatic carbocycles. The summed E-state index contributed by atoms with van der Waals surface area (Å²) in [6, 6.07) is 5.91. The van der Waals surface area contributed by atoms with E-state index < -0.39 is 0 Å². The first-order valence-electron chi connectivity index (χ1n) is 6.14. The summed E-state index contributed by atoms with van der Waals surface area (Å²) in [5.41, 5.74) is 6.55. The maximum atomic E-state index is 9.69. The van der Waals surface area contributed by atoms with Crippen LogP contribution in [0.3, 0.4) is 0 Å². The number of rotatable bonds is 6. The van der Waals surface area contributed by atoms with Crippen LogP contribution >= 0.6 is 0 Å². The zero-order valence-corrected chi connectivity index (χ0v) is 10.6. The SMILES string of the molecule is CN(Cc1ccc2c(c1)OCO2)CC(O)CCN. The predicted molar refractivity (Wildman–Crippen MR) is 68.6 cm³/mol. The van der Waals surface area contributed by atoms with E-state index in [9.17, 15) is 5.11 Å². The van der Waals surface area contributed by atoms with Crippen molar-refractivity contribution < 1.29 is 14.6 Å². The molecule has 1 aliphatic heterocycles. The van der Waals surface area contributed by atoms with E-state index in [2.05, 4.69) is 4.90 Å². The molecule has 1 heterocycles. The van der Waals surface area contributed by atoms with Gasteiger partial charge in [-0.2, -0.15) is 0 Å². The Morgan fingerprint density at radius 2 is 2.17 bits per heavy atom. The van der Waals surface area contributed by atoms with E-state index in [1.807, 2.05) is 25.2 Å². The summed E-state index contributed by atoms with van der Waals surface area (Å²) in [6.07, 6.45) is 0.264. The van der Waals surface area contributed by atoms with Gasteiger partial charge < -0.3 is 20.3 Å². The Hall–Kier alpha value is -1.30. The van der Waals surface area contributed by atoms with E-state index in [4.69, 9.17) is 15.2 Å². The smallest absolute Gasteiger partial charge is 0.231 e. The highest BCUT2D eigenvalue weighted by atomic mass is 16.7. The molecule has 2 rings (SSSR count). The Bertz CT molecular complexity index is 398. The number of hydrogen-bond donors (Lipinski definition) is 2. The monoisotopic (exact) mass is 252 g/mol. The summed E-state index contributed by atoms with van der Waals surface area (Å²) in [5, 5.41) is 9.69. The molecule has 1 unspecified atom stereocenters. The van der Waals surface area contributed by atoms with Crippen LogP contribution in [0.15, 0.2) is 18.2 Å². The molecule has 1 aromatic carbocycles. The van der Waals surface area contributed by atoms with Crippen LogP contribution < -0.4 is 15.2 Å². The van der Waals surface area contributed by atoms with E-state index in [0.29, 0.717) is 26.3 Å². The Morgan fingerprint density at radius 3 is 2.94 bits per heavy atom. The van der Waals surface area contributed by atoms with Gasteiger partial charge in [-0.1, -0.05) is 6.07 Å². The van der Waals surface area contributed by atoms with Crippen LogP contribution in [0.25, 0.3) is 0 Å². The van der Waals surface area contributed by atoms with Gasteiger partial charge in [0.1, 0.15) is 0 Å². The summed E-state index contributed by atoms with van der Waals surface area (Å²) >= 11 is 0. The summed E-state index contributed by atoms with van der Waals surface area (Å²) in [7, 11) is 1.98. The average molecular weight is 252 g/mol. The van der Waals surface area contributed by atoms with Gasteiger partial charge in [0.15, 0.2) is 11.5 Å². The van der Waals surface area contributed by atoms with Gasteiger partial charge in [0.2, 0.25) is 6.79 Å². The fourth-order valence-corrected chi connectivity index (χ4v) is 2.06. The molecule has 0 spiro atoms. The van der Waals surface area contributed by atoms with Crippen molar-refractivity contribution in [3.63, 3.8) is 0 Å². The van der Waals surface area contributed by atoms with Crippen molar-refractivity contribution in [1.82, 2.24) is 4.90 Å². The van der Waals surface area contributed by atoms with Gasteiger partial charge >= 0.3 is 0 Å². The molecule has 3 N–H and O–H groups in total. The third-order valence-electron chi connectivity index (χ3n) is 2.91. The first kappa shape index (κ1) is 13.1. The molecule has 1 aromatic rings. The molecule has 0 saturated carbocycles. The van der Waals surface area contributed by atoms with Gasteiger partial charge in [-0.25, -0.2) is 0 Å². The molecule has 0 amide bonds. The van der Waals surface area contributed by atoms with Crippen molar-refractivity contribution in [3.05, 3.63) is 23.8 Å². The van der Waals surface area contributed by atoms with Crippen LogP contribution in [0.5, 0.6) is 11.5 Å². The summed E-state index contributed by atoms with van der Waals surface area (Å²) in [6.45, 7) is 2.19. The predicted octanol–water partition coefficient (Wildman–Crippen LogP) is 0.557. The minimum absolute atomic E-state index is 0.295. The lowest BCUT2D eigenvalue weighted by Gasteiger charge is -2.20. The summed E-state index contributed by atoms with van der Waals surface area (Å²) < 4.78 is 10.6. The Labute approximate surface area is 107 Å². The van der Waals surface area contributed by atoms with Gasteiger partial charge in [0, 0.05) is 13.1 Å². The minimum atomic E-state index is -0.367. The maximum Gasteiger partial charge on any atom is 0.231 e. The number of likely N-dealkylation sites (N-methyl/N-ethyl adjacent to an activating group) is 1. The minimum Gasteiger partial charge on any atom is -0.454 e. The zero-order valence-electron chi connectivity index (χ0n) is 10.6. The highest BCUT2D eigenvalue weighted by molar-refractivity contribution is 5.44. The molecule has 100 valence electrons. The average Bonchev–Trinajstić information content (AvgIpc) is 2.76. The number of nitrogens with two attached hydrogens (primary N) is 1.